The maximum atomic E-state index is 9.42. The molecule has 2 N–H and O–H groups in total. The zero-order valence-electron chi connectivity index (χ0n) is 10.9. The minimum absolute atomic E-state index is 0.300. The number of nitrogens with zero attached hydrogens (tertiary/aromatic N) is 2. The molecule has 4 heteroatoms. The van der Waals surface area contributed by atoms with Gasteiger partial charge in [-0.2, -0.15) is 0 Å². The van der Waals surface area contributed by atoms with Gasteiger partial charge in [-0.25, -0.2) is 4.99 Å². The summed E-state index contributed by atoms with van der Waals surface area (Å²) in [7, 11) is 0. The molecule has 1 aliphatic heterocycles. The summed E-state index contributed by atoms with van der Waals surface area (Å²) in [6, 6.07) is 7.27. The van der Waals surface area contributed by atoms with Gasteiger partial charge in [-0.05, 0) is 37.5 Å². The number of phenols is 1. The first-order valence-corrected chi connectivity index (χ1v) is 6.61. The molecule has 1 aliphatic rings. The maximum absolute atomic E-state index is 9.42. The molecule has 0 radical (unpaired) electrons. The quantitative estimate of drug-likeness (QED) is 0.634. The van der Waals surface area contributed by atoms with Crippen molar-refractivity contribution in [3.05, 3.63) is 29.8 Å². The zero-order valence-corrected chi connectivity index (χ0v) is 10.9. The molecule has 1 heterocycles. The van der Waals surface area contributed by atoms with Crippen molar-refractivity contribution in [3.63, 3.8) is 0 Å². The van der Waals surface area contributed by atoms with Gasteiger partial charge in [-0.1, -0.05) is 12.1 Å². The molecule has 0 bridgehead atoms. The minimum Gasteiger partial charge on any atom is -0.508 e. The zero-order chi connectivity index (χ0) is 12.8. The highest BCUT2D eigenvalue weighted by Gasteiger charge is 2.15. The highest BCUT2D eigenvalue weighted by molar-refractivity contribution is 5.80. The van der Waals surface area contributed by atoms with Gasteiger partial charge < -0.3 is 15.3 Å². The summed E-state index contributed by atoms with van der Waals surface area (Å²) in [6.07, 6.45) is 2.49. The highest BCUT2D eigenvalue weighted by Crippen LogP contribution is 2.12. The molecule has 4 nitrogen and oxygen atoms in total. The predicted molar refractivity (Wildman–Crippen MR) is 73.7 cm³/mol. The van der Waals surface area contributed by atoms with E-state index in [4.69, 9.17) is 0 Å². The smallest absolute Gasteiger partial charge is 0.194 e. The van der Waals surface area contributed by atoms with Crippen molar-refractivity contribution in [3.8, 4) is 5.75 Å². The lowest BCUT2D eigenvalue weighted by molar-refractivity contribution is 0.474. The predicted octanol–water partition coefficient (Wildman–Crippen LogP) is 1.95. The van der Waals surface area contributed by atoms with E-state index in [2.05, 4.69) is 22.1 Å². The van der Waals surface area contributed by atoms with Crippen molar-refractivity contribution in [2.45, 2.75) is 26.3 Å². The van der Waals surface area contributed by atoms with Crippen LogP contribution in [0.3, 0.4) is 0 Å². The Balaban J connectivity index is 2.03. The van der Waals surface area contributed by atoms with Gasteiger partial charge in [0.1, 0.15) is 5.75 Å². The molecule has 0 atom stereocenters. The van der Waals surface area contributed by atoms with Gasteiger partial charge in [0.2, 0.25) is 0 Å². The van der Waals surface area contributed by atoms with Crippen LogP contribution in [0, 0.1) is 0 Å². The first-order valence-electron chi connectivity index (χ1n) is 6.61. The number of nitrogens with one attached hydrogen (secondary N) is 1. The number of aromatic hydroxyl groups is 1. The van der Waals surface area contributed by atoms with Crippen LogP contribution in [0.4, 0.5) is 0 Å². The van der Waals surface area contributed by atoms with Crippen molar-refractivity contribution < 1.29 is 5.11 Å². The van der Waals surface area contributed by atoms with Crippen molar-refractivity contribution in [1.82, 2.24) is 10.2 Å². The third-order valence-corrected chi connectivity index (χ3v) is 3.06. The number of benzene rings is 1. The summed E-state index contributed by atoms with van der Waals surface area (Å²) in [5.41, 5.74) is 1.03. The number of phenolic OH excluding ortho intramolecular Hbond substituents is 1. The lowest BCUT2D eigenvalue weighted by atomic mass is 10.2. The Morgan fingerprint density at radius 1 is 1.39 bits per heavy atom. The summed E-state index contributed by atoms with van der Waals surface area (Å²) in [4.78, 5) is 6.93. The Labute approximate surface area is 108 Å². The third kappa shape index (κ3) is 3.39. The van der Waals surface area contributed by atoms with E-state index in [1.807, 2.05) is 12.1 Å². The van der Waals surface area contributed by atoms with Crippen LogP contribution in [0.1, 0.15) is 25.3 Å². The topological polar surface area (TPSA) is 47.9 Å². The van der Waals surface area contributed by atoms with E-state index in [1.165, 1.54) is 12.8 Å². The van der Waals surface area contributed by atoms with Crippen LogP contribution in [-0.2, 0) is 6.54 Å². The molecule has 0 unspecified atom stereocenters. The van der Waals surface area contributed by atoms with E-state index < -0.39 is 0 Å². The van der Waals surface area contributed by atoms with Gasteiger partial charge in [-0.15, -0.1) is 0 Å². The van der Waals surface area contributed by atoms with E-state index in [0.29, 0.717) is 12.3 Å². The van der Waals surface area contributed by atoms with E-state index in [-0.39, 0.29) is 0 Å². The molecule has 1 aromatic rings. The van der Waals surface area contributed by atoms with E-state index in [1.54, 1.807) is 12.1 Å². The fraction of sp³-hybridized carbons (Fsp3) is 0.500. The Kier molecular flexibility index (Phi) is 4.45. The Bertz CT molecular complexity index is 411. The molecule has 1 fully saturated rings. The summed E-state index contributed by atoms with van der Waals surface area (Å²) >= 11 is 0. The molecule has 0 aliphatic carbocycles. The monoisotopic (exact) mass is 247 g/mol. The molecule has 98 valence electrons. The summed E-state index contributed by atoms with van der Waals surface area (Å²) in [5, 5.41) is 12.7. The number of hydrogen-bond donors (Lipinski definition) is 2. The lowest BCUT2D eigenvalue weighted by Gasteiger charge is -2.20. The number of guanidine groups is 1. The first kappa shape index (κ1) is 12.7. The van der Waals surface area contributed by atoms with Gasteiger partial charge in [0.15, 0.2) is 5.96 Å². The highest BCUT2D eigenvalue weighted by atomic mass is 16.3. The largest absolute Gasteiger partial charge is 0.508 e. The van der Waals surface area contributed by atoms with Crippen LogP contribution in [-0.4, -0.2) is 35.6 Å². The number of likely N-dealkylation sites (tertiary alicyclic amines) is 1. The van der Waals surface area contributed by atoms with Gasteiger partial charge >= 0.3 is 0 Å². The summed E-state index contributed by atoms with van der Waals surface area (Å²) in [6.45, 7) is 5.75. The van der Waals surface area contributed by atoms with Crippen molar-refractivity contribution in [1.29, 1.82) is 0 Å². The SMILES string of the molecule is CCNC(=NCc1cccc(O)c1)N1CCCC1. The average Bonchev–Trinajstić information content (AvgIpc) is 2.88. The fourth-order valence-electron chi connectivity index (χ4n) is 2.18. The molecule has 1 aromatic carbocycles. The van der Waals surface area contributed by atoms with Crippen LogP contribution in [0.15, 0.2) is 29.3 Å². The van der Waals surface area contributed by atoms with Crippen LogP contribution in [0.2, 0.25) is 0 Å². The van der Waals surface area contributed by atoms with Gasteiger partial charge in [0, 0.05) is 19.6 Å². The Morgan fingerprint density at radius 3 is 2.83 bits per heavy atom. The number of aliphatic imine (C=N–C) groups is 1. The number of hydrogen-bond acceptors (Lipinski definition) is 2. The third-order valence-electron chi connectivity index (χ3n) is 3.06. The second-order valence-corrected chi connectivity index (χ2v) is 4.53. The van der Waals surface area contributed by atoms with Crippen LogP contribution in [0.5, 0.6) is 5.75 Å². The molecular weight excluding hydrogens is 226 g/mol. The van der Waals surface area contributed by atoms with E-state index >= 15 is 0 Å². The molecule has 0 aromatic heterocycles. The van der Waals surface area contributed by atoms with Gasteiger partial charge in [0.25, 0.3) is 0 Å². The van der Waals surface area contributed by atoms with Crippen LogP contribution >= 0.6 is 0 Å². The molecular formula is C14H21N3O. The number of rotatable bonds is 3. The van der Waals surface area contributed by atoms with Crippen molar-refractivity contribution in [2.24, 2.45) is 4.99 Å². The van der Waals surface area contributed by atoms with Crippen LogP contribution in [0.25, 0.3) is 0 Å². The fourth-order valence-corrected chi connectivity index (χ4v) is 2.18. The first-order chi connectivity index (χ1) is 8.79. The lowest BCUT2D eigenvalue weighted by Crippen LogP contribution is -2.39. The second kappa shape index (κ2) is 6.28. The summed E-state index contributed by atoms with van der Waals surface area (Å²) < 4.78 is 0. The van der Waals surface area contributed by atoms with Gasteiger partial charge in [0.05, 0.1) is 6.54 Å². The molecule has 0 amide bonds. The molecule has 0 saturated carbocycles. The van der Waals surface area contributed by atoms with E-state index in [9.17, 15) is 5.11 Å². The average molecular weight is 247 g/mol. The Morgan fingerprint density at radius 2 is 2.17 bits per heavy atom. The molecule has 1 saturated heterocycles. The second-order valence-electron chi connectivity index (χ2n) is 4.53. The molecule has 18 heavy (non-hydrogen) atoms. The van der Waals surface area contributed by atoms with E-state index in [0.717, 1.165) is 31.2 Å². The Hall–Kier alpha value is -1.71. The molecule has 2 rings (SSSR count). The standard InChI is InChI=1S/C14H21N3O/c1-2-15-14(17-8-3-4-9-17)16-11-12-6-5-7-13(18)10-12/h5-7,10,18H,2-4,8-9,11H2,1H3,(H,15,16). The molecule has 0 spiro atoms. The normalized spacial score (nSPS) is 16.1. The summed E-state index contributed by atoms with van der Waals surface area (Å²) in [5.74, 6) is 1.28. The van der Waals surface area contributed by atoms with Crippen molar-refractivity contribution >= 4 is 5.96 Å². The van der Waals surface area contributed by atoms with Gasteiger partial charge in [-0.3, -0.25) is 0 Å². The maximum Gasteiger partial charge on any atom is 0.194 e. The van der Waals surface area contributed by atoms with Crippen LogP contribution < -0.4 is 5.32 Å². The minimum atomic E-state index is 0.300. The van der Waals surface area contributed by atoms with Crippen molar-refractivity contribution in [2.75, 3.05) is 19.6 Å².